The Hall–Kier alpha value is -2.69. The third-order valence-corrected chi connectivity index (χ3v) is 3.88. The van der Waals surface area contributed by atoms with Crippen LogP contribution in [0.4, 0.5) is 0 Å². The van der Waals surface area contributed by atoms with Gasteiger partial charge in [-0.1, -0.05) is 26.0 Å². The molecule has 0 aromatic heterocycles. The molecule has 0 aliphatic carbocycles. The Bertz CT molecular complexity index is 743. The molecule has 0 aliphatic heterocycles. The maximum atomic E-state index is 12.7. The van der Waals surface area contributed by atoms with Crippen LogP contribution in [0.25, 0.3) is 0 Å². The SMILES string of the molecule is COc1cccc(CN(C)C(=O)c2ccc(OCC(C)C)c(OC)c2)c1. The summed E-state index contributed by atoms with van der Waals surface area (Å²) in [6.45, 7) is 5.25. The van der Waals surface area contributed by atoms with Gasteiger partial charge in [-0.05, 0) is 41.8 Å². The van der Waals surface area contributed by atoms with Gasteiger partial charge in [-0.2, -0.15) is 0 Å². The lowest BCUT2D eigenvalue weighted by Gasteiger charge is -2.19. The molecule has 5 nitrogen and oxygen atoms in total. The third kappa shape index (κ3) is 5.15. The van der Waals surface area contributed by atoms with Gasteiger partial charge >= 0.3 is 0 Å². The number of hydrogen-bond acceptors (Lipinski definition) is 4. The Morgan fingerprint density at radius 3 is 2.46 bits per heavy atom. The van der Waals surface area contributed by atoms with Gasteiger partial charge in [0.2, 0.25) is 0 Å². The zero-order valence-corrected chi connectivity index (χ0v) is 16.1. The van der Waals surface area contributed by atoms with Crippen molar-refractivity contribution in [2.75, 3.05) is 27.9 Å². The minimum absolute atomic E-state index is 0.0819. The van der Waals surface area contributed by atoms with Crippen LogP contribution >= 0.6 is 0 Å². The van der Waals surface area contributed by atoms with Gasteiger partial charge in [0.1, 0.15) is 5.75 Å². The quantitative estimate of drug-likeness (QED) is 0.716. The zero-order valence-electron chi connectivity index (χ0n) is 16.1. The lowest BCUT2D eigenvalue weighted by molar-refractivity contribution is 0.0784. The van der Waals surface area contributed by atoms with Crippen molar-refractivity contribution in [3.05, 3.63) is 53.6 Å². The fourth-order valence-electron chi connectivity index (χ4n) is 2.51. The fraction of sp³-hybridized carbons (Fsp3) is 0.381. The van der Waals surface area contributed by atoms with Gasteiger partial charge in [0.15, 0.2) is 11.5 Å². The van der Waals surface area contributed by atoms with E-state index in [0.29, 0.717) is 36.1 Å². The molecule has 0 aliphatic rings. The Balaban J connectivity index is 2.12. The van der Waals surface area contributed by atoms with Gasteiger partial charge in [-0.15, -0.1) is 0 Å². The standard InChI is InChI=1S/C21H27NO4/c1-15(2)14-26-19-10-9-17(12-20(19)25-5)21(23)22(3)13-16-7-6-8-18(11-16)24-4/h6-12,15H,13-14H2,1-5H3. The molecule has 2 rings (SSSR count). The summed E-state index contributed by atoms with van der Waals surface area (Å²) >= 11 is 0. The molecule has 0 bridgehead atoms. The van der Waals surface area contributed by atoms with E-state index in [0.717, 1.165) is 11.3 Å². The Morgan fingerprint density at radius 1 is 1.04 bits per heavy atom. The number of hydrogen-bond donors (Lipinski definition) is 0. The second kappa shape index (κ2) is 9.13. The molecule has 0 fully saturated rings. The molecule has 26 heavy (non-hydrogen) atoms. The number of carbonyl (C=O) groups excluding carboxylic acids is 1. The summed E-state index contributed by atoms with van der Waals surface area (Å²) in [5, 5.41) is 0. The van der Waals surface area contributed by atoms with E-state index in [2.05, 4.69) is 13.8 Å². The molecule has 0 radical (unpaired) electrons. The summed E-state index contributed by atoms with van der Waals surface area (Å²) in [6.07, 6.45) is 0. The lowest BCUT2D eigenvalue weighted by atomic mass is 10.1. The van der Waals surface area contributed by atoms with Gasteiger partial charge in [0.25, 0.3) is 5.91 Å². The number of benzene rings is 2. The minimum atomic E-state index is -0.0819. The van der Waals surface area contributed by atoms with Crippen LogP contribution in [0.5, 0.6) is 17.2 Å². The molecule has 140 valence electrons. The van der Waals surface area contributed by atoms with Crippen molar-refractivity contribution in [2.45, 2.75) is 20.4 Å². The summed E-state index contributed by atoms with van der Waals surface area (Å²) in [5.41, 5.74) is 1.56. The number of rotatable bonds is 8. The molecule has 0 N–H and O–H groups in total. The summed E-state index contributed by atoms with van der Waals surface area (Å²) in [5.74, 6) is 2.31. The first-order valence-corrected chi connectivity index (χ1v) is 8.63. The van der Waals surface area contributed by atoms with E-state index in [9.17, 15) is 4.79 Å². The van der Waals surface area contributed by atoms with Gasteiger partial charge in [0.05, 0.1) is 20.8 Å². The largest absolute Gasteiger partial charge is 0.497 e. The van der Waals surface area contributed by atoms with E-state index in [-0.39, 0.29) is 5.91 Å². The summed E-state index contributed by atoms with van der Waals surface area (Å²) in [7, 11) is 4.98. The van der Waals surface area contributed by atoms with Crippen molar-refractivity contribution in [1.29, 1.82) is 0 Å². The third-order valence-electron chi connectivity index (χ3n) is 3.88. The average Bonchev–Trinajstić information content (AvgIpc) is 2.65. The maximum Gasteiger partial charge on any atom is 0.254 e. The van der Waals surface area contributed by atoms with Crippen molar-refractivity contribution >= 4 is 5.91 Å². The highest BCUT2D eigenvalue weighted by Gasteiger charge is 2.16. The normalized spacial score (nSPS) is 10.5. The fourth-order valence-corrected chi connectivity index (χ4v) is 2.51. The molecule has 1 amide bonds. The molecular formula is C21H27NO4. The van der Waals surface area contributed by atoms with E-state index in [1.807, 2.05) is 24.3 Å². The first-order chi connectivity index (χ1) is 12.4. The topological polar surface area (TPSA) is 48.0 Å². The number of nitrogens with zero attached hydrogens (tertiary/aromatic N) is 1. The van der Waals surface area contributed by atoms with Crippen LogP contribution in [0.1, 0.15) is 29.8 Å². The van der Waals surface area contributed by atoms with E-state index in [1.165, 1.54) is 0 Å². The lowest BCUT2D eigenvalue weighted by Crippen LogP contribution is -2.26. The van der Waals surface area contributed by atoms with E-state index >= 15 is 0 Å². The first kappa shape index (κ1) is 19.6. The summed E-state index contributed by atoms with van der Waals surface area (Å²) in [4.78, 5) is 14.4. The van der Waals surface area contributed by atoms with Crippen LogP contribution in [0.2, 0.25) is 0 Å². The summed E-state index contributed by atoms with van der Waals surface area (Å²) in [6, 6.07) is 13.0. The molecule has 0 unspecified atom stereocenters. The van der Waals surface area contributed by atoms with Gasteiger partial charge in [0, 0.05) is 19.2 Å². The van der Waals surface area contributed by atoms with E-state index < -0.39 is 0 Å². The highest BCUT2D eigenvalue weighted by Crippen LogP contribution is 2.29. The van der Waals surface area contributed by atoms with Crippen LogP contribution < -0.4 is 14.2 Å². The van der Waals surface area contributed by atoms with Gasteiger partial charge in [-0.25, -0.2) is 0 Å². The number of carbonyl (C=O) groups is 1. The van der Waals surface area contributed by atoms with Gasteiger partial charge in [-0.3, -0.25) is 4.79 Å². The maximum absolute atomic E-state index is 12.7. The number of ether oxygens (including phenoxy) is 3. The second-order valence-electron chi connectivity index (χ2n) is 6.58. The van der Waals surface area contributed by atoms with Crippen LogP contribution in [0, 0.1) is 5.92 Å². The Labute approximate surface area is 155 Å². The van der Waals surface area contributed by atoms with Crippen LogP contribution in [0.3, 0.4) is 0 Å². The van der Waals surface area contributed by atoms with Crippen LogP contribution in [0.15, 0.2) is 42.5 Å². The molecule has 2 aromatic rings. The smallest absolute Gasteiger partial charge is 0.254 e. The van der Waals surface area contributed by atoms with Crippen molar-refractivity contribution < 1.29 is 19.0 Å². The number of methoxy groups -OCH3 is 2. The highest BCUT2D eigenvalue weighted by atomic mass is 16.5. The zero-order chi connectivity index (χ0) is 19.1. The molecule has 2 aromatic carbocycles. The van der Waals surface area contributed by atoms with Crippen molar-refractivity contribution in [2.24, 2.45) is 5.92 Å². The molecule has 0 saturated carbocycles. The van der Waals surface area contributed by atoms with E-state index in [1.54, 1.807) is 44.4 Å². The minimum Gasteiger partial charge on any atom is -0.497 e. The summed E-state index contributed by atoms with van der Waals surface area (Å²) < 4.78 is 16.4. The average molecular weight is 357 g/mol. The van der Waals surface area contributed by atoms with Crippen molar-refractivity contribution in [3.8, 4) is 17.2 Å². The molecular weight excluding hydrogens is 330 g/mol. The molecule has 0 heterocycles. The predicted molar refractivity (Wildman–Crippen MR) is 102 cm³/mol. The van der Waals surface area contributed by atoms with Crippen LogP contribution in [-0.4, -0.2) is 38.7 Å². The predicted octanol–water partition coefficient (Wildman–Crippen LogP) is 4.01. The first-order valence-electron chi connectivity index (χ1n) is 8.63. The molecule has 0 spiro atoms. The van der Waals surface area contributed by atoms with E-state index in [4.69, 9.17) is 14.2 Å². The van der Waals surface area contributed by atoms with Gasteiger partial charge < -0.3 is 19.1 Å². The second-order valence-corrected chi connectivity index (χ2v) is 6.58. The Morgan fingerprint density at radius 2 is 1.81 bits per heavy atom. The van der Waals surface area contributed by atoms with Crippen LogP contribution in [-0.2, 0) is 6.54 Å². The Kier molecular flexibility index (Phi) is 6.89. The molecule has 0 atom stereocenters. The molecule has 5 heteroatoms. The highest BCUT2D eigenvalue weighted by molar-refractivity contribution is 5.94. The molecule has 0 saturated heterocycles. The van der Waals surface area contributed by atoms with Crippen molar-refractivity contribution in [1.82, 2.24) is 4.90 Å². The number of amides is 1. The van der Waals surface area contributed by atoms with Crippen molar-refractivity contribution in [3.63, 3.8) is 0 Å². The monoisotopic (exact) mass is 357 g/mol.